The van der Waals surface area contributed by atoms with Crippen LogP contribution in [0.3, 0.4) is 0 Å². The number of phenolic OH excluding ortho intramolecular Hbond substituents is 2. The van der Waals surface area contributed by atoms with E-state index in [1.165, 1.54) is 5.56 Å². The second-order valence-corrected chi connectivity index (χ2v) is 8.95. The molecule has 4 aromatic rings. The molecule has 0 aliphatic rings. The summed E-state index contributed by atoms with van der Waals surface area (Å²) >= 11 is 0. The van der Waals surface area contributed by atoms with Crippen LogP contribution in [-0.2, 0) is 25.9 Å². The zero-order chi connectivity index (χ0) is 23.9. The molecule has 5 nitrogen and oxygen atoms in total. The molecule has 0 unspecified atom stereocenters. The summed E-state index contributed by atoms with van der Waals surface area (Å²) in [5, 5.41) is 36.4. The number of fused-ring (bicyclic) bond motifs is 1. The van der Waals surface area contributed by atoms with Gasteiger partial charge in [-0.25, -0.2) is 0 Å². The Bertz CT molecular complexity index is 1220. The number of aromatic nitrogens is 1. The Kier molecular flexibility index (Phi) is 7.88. The molecule has 0 spiro atoms. The normalized spacial score (nSPS) is 12.3. The molecule has 0 aliphatic heterocycles. The number of aromatic hydroxyl groups is 2. The lowest BCUT2D eigenvalue weighted by molar-refractivity contribution is 0.172. The highest BCUT2D eigenvalue weighted by Crippen LogP contribution is 2.34. The van der Waals surface area contributed by atoms with E-state index in [9.17, 15) is 15.3 Å². The van der Waals surface area contributed by atoms with Crippen molar-refractivity contribution >= 4 is 10.9 Å². The van der Waals surface area contributed by atoms with Crippen LogP contribution in [0.5, 0.6) is 11.5 Å². The summed E-state index contributed by atoms with van der Waals surface area (Å²) in [6, 6.07) is 21.7. The fraction of sp³-hybridized carbons (Fsp3) is 0.310. The van der Waals surface area contributed by atoms with Gasteiger partial charge in [-0.05, 0) is 41.7 Å². The van der Waals surface area contributed by atoms with Crippen LogP contribution in [0.25, 0.3) is 10.9 Å². The number of aliphatic hydroxyl groups is 1. The maximum absolute atomic E-state index is 10.9. The van der Waals surface area contributed by atoms with Crippen LogP contribution >= 0.6 is 0 Å². The summed E-state index contributed by atoms with van der Waals surface area (Å²) in [6.45, 7) is 3.69. The van der Waals surface area contributed by atoms with E-state index < -0.39 is 6.10 Å². The number of phenols is 2. The summed E-state index contributed by atoms with van der Waals surface area (Å²) < 4.78 is 2.05. The predicted octanol–water partition coefficient (Wildman–Crippen LogP) is 5.14. The highest BCUT2D eigenvalue weighted by atomic mass is 16.3. The number of aryl methyl sites for hydroxylation is 1. The minimum absolute atomic E-state index is 0.0993. The topological polar surface area (TPSA) is 77.7 Å². The first kappa shape index (κ1) is 23.9. The van der Waals surface area contributed by atoms with Gasteiger partial charge in [0.1, 0.15) is 11.5 Å². The minimum atomic E-state index is -0.526. The molecule has 4 N–H and O–H groups in total. The van der Waals surface area contributed by atoms with Crippen molar-refractivity contribution < 1.29 is 15.3 Å². The molecule has 3 aromatic carbocycles. The lowest BCUT2D eigenvalue weighted by Gasteiger charge is -2.13. The van der Waals surface area contributed by atoms with Crippen LogP contribution in [0.1, 0.15) is 42.0 Å². The molecule has 0 aliphatic carbocycles. The van der Waals surface area contributed by atoms with Gasteiger partial charge < -0.3 is 25.2 Å². The van der Waals surface area contributed by atoms with Crippen LogP contribution in [-0.4, -0.2) is 32.5 Å². The minimum Gasteiger partial charge on any atom is -0.507 e. The monoisotopic (exact) mass is 458 g/mol. The Labute approximate surface area is 201 Å². The Morgan fingerprint density at radius 3 is 2.47 bits per heavy atom. The molecule has 0 saturated carbocycles. The van der Waals surface area contributed by atoms with E-state index >= 15 is 0 Å². The Hall–Kier alpha value is -3.28. The highest BCUT2D eigenvalue weighted by Gasteiger charge is 2.17. The van der Waals surface area contributed by atoms with Gasteiger partial charge in [-0.1, -0.05) is 67.9 Å². The summed E-state index contributed by atoms with van der Waals surface area (Å²) in [5.74, 6) is 0.278. The number of para-hydroxylation sites is 1. The molecule has 34 heavy (non-hydrogen) atoms. The largest absolute Gasteiger partial charge is 0.507 e. The number of nitrogens with zero attached hydrogens (tertiary/aromatic N) is 1. The lowest BCUT2D eigenvalue weighted by Crippen LogP contribution is -2.28. The highest BCUT2D eigenvalue weighted by molar-refractivity contribution is 5.84. The van der Waals surface area contributed by atoms with E-state index in [4.69, 9.17) is 0 Å². The lowest BCUT2D eigenvalue weighted by atomic mass is 10.0. The average molecular weight is 459 g/mol. The number of rotatable bonds is 11. The standard InChI is InChI=1S/C29H34N2O3/c1-2-3-11-22-14-15-28(33)26(29(22)34)20-31-19-23(25-12-7-8-13-27(25)31)16-24(32)18-30-17-21-9-5-4-6-10-21/h4-10,12-15,19,24,30,32-34H,2-3,11,16-18,20H2,1H3/t24-/m0/s1. The van der Waals surface area contributed by atoms with E-state index in [0.29, 0.717) is 31.6 Å². The second-order valence-electron chi connectivity index (χ2n) is 8.95. The third-order valence-electron chi connectivity index (χ3n) is 6.35. The quantitative estimate of drug-likeness (QED) is 0.251. The van der Waals surface area contributed by atoms with Crippen molar-refractivity contribution in [2.75, 3.05) is 6.54 Å². The van der Waals surface area contributed by atoms with Gasteiger partial charge in [0.2, 0.25) is 0 Å². The maximum Gasteiger partial charge on any atom is 0.127 e. The van der Waals surface area contributed by atoms with Crippen molar-refractivity contribution in [1.82, 2.24) is 9.88 Å². The first-order chi connectivity index (χ1) is 16.6. The number of nitrogens with one attached hydrogen (secondary N) is 1. The average Bonchev–Trinajstić information content (AvgIpc) is 3.19. The first-order valence-electron chi connectivity index (χ1n) is 12.1. The first-order valence-corrected chi connectivity index (χ1v) is 12.1. The zero-order valence-corrected chi connectivity index (χ0v) is 19.7. The number of aliphatic hydroxyl groups excluding tert-OH is 1. The zero-order valence-electron chi connectivity index (χ0n) is 19.7. The Morgan fingerprint density at radius 2 is 1.68 bits per heavy atom. The van der Waals surface area contributed by atoms with Gasteiger partial charge >= 0.3 is 0 Å². The van der Waals surface area contributed by atoms with Crippen molar-refractivity contribution in [3.63, 3.8) is 0 Å². The van der Waals surface area contributed by atoms with Crippen LogP contribution in [0.15, 0.2) is 72.9 Å². The summed E-state index contributed by atoms with van der Waals surface area (Å²) in [5.41, 5.74) is 4.65. The second kappa shape index (κ2) is 11.2. The van der Waals surface area contributed by atoms with E-state index in [1.54, 1.807) is 6.07 Å². The van der Waals surface area contributed by atoms with Crippen LogP contribution in [0.2, 0.25) is 0 Å². The molecule has 4 rings (SSSR count). The van der Waals surface area contributed by atoms with Gasteiger partial charge in [0.25, 0.3) is 0 Å². The van der Waals surface area contributed by atoms with Crippen molar-refractivity contribution in [2.24, 2.45) is 0 Å². The van der Waals surface area contributed by atoms with Crippen molar-refractivity contribution in [3.05, 3.63) is 95.2 Å². The number of hydrogen-bond acceptors (Lipinski definition) is 4. The van der Waals surface area contributed by atoms with Crippen molar-refractivity contribution in [3.8, 4) is 11.5 Å². The van der Waals surface area contributed by atoms with E-state index in [0.717, 1.165) is 41.3 Å². The van der Waals surface area contributed by atoms with Crippen LogP contribution in [0.4, 0.5) is 0 Å². The van der Waals surface area contributed by atoms with E-state index in [1.807, 2.05) is 53.2 Å². The number of unbranched alkanes of at least 4 members (excludes halogenated alkanes) is 1. The van der Waals surface area contributed by atoms with Gasteiger partial charge in [0.15, 0.2) is 0 Å². The fourth-order valence-electron chi connectivity index (χ4n) is 4.49. The summed E-state index contributed by atoms with van der Waals surface area (Å²) in [6.07, 6.45) is 4.85. The third kappa shape index (κ3) is 5.61. The van der Waals surface area contributed by atoms with E-state index in [-0.39, 0.29) is 11.5 Å². The summed E-state index contributed by atoms with van der Waals surface area (Å²) in [4.78, 5) is 0. The smallest absolute Gasteiger partial charge is 0.127 e. The summed E-state index contributed by atoms with van der Waals surface area (Å²) in [7, 11) is 0. The predicted molar refractivity (Wildman–Crippen MR) is 137 cm³/mol. The molecule has 1 heterocycles. The number of benzene rings is 3. The number of hydrogen-bond donors (Lipinski definition) is 4. The van der Waals surface area contributed by atoms with Gasteiger partial charge in [0.05, 0.1) is 18.2 Å². The van der Waals surface area contributed by atoms with Gasteiger partial charge in [-0.15, -0.1) is 0 Å². The maximum atomic E-state index is 10.9. The van der Waals surface area contributed by atoms with Crippen LogP contribution in [0, 0.1) is 0 Å². The van der Waals surface area contributed by atoms with Crippen molar-refractivity contribution in [2.45, 2.75) is 51.8 Å². The van der Waals surface area contributed by atoms with E-state index in [2.05, 4.69) is 30.4 Å². The molecule has 5 heteroatoms. The van der Waals surface area contributed by atoms with Crippen LogP contribution < -0.4 is 5.32 Å². The molecular weight excluding hydrogens is 424 g/mol. The van der Waals surface area contributed by atoms with Crippen molar-refractivity contribution in [1.29, 1.82) is 0 Å². The molecule has 0 bridgehead atoms. The SMILES string of the molecule is CCCCc1ccc(O)c(Cn2cc(C[C@H](O)CNCc3ccccc3)c3ccccc32)c1O. The van der Waals surface area contributed by atoms with Gasteiger partial charge in [-0.3, -0.25) is 0 Å². The molecule has 0 radical (unpaired) electrons. The molecule has 0 saturated heterocycles. The molecular formula is C29H34N2O3. The Balaban J connectivity index is 1.51. The molecule has 178 valence electrons. The molecule has 1 aromatic heterocycles. The molecule has 1 atom stereocenters. The Morgan fingerprint density at radius 1 is 0.912 bits per heavy atom. The molecule has 0 amide bonds. The third-order valence-corrected chi connectivity index (χ3v) is 6.35. The van der Waals surface area contributed by atoms with Gasteiger partial charge in [-0.2, -0.15) is 0 Å². The fourth-order valence-corrected chi connectivity index (χ4v) is 4.49. The molecule has 0 fully saturated rings. The van der Waals surface area contributed by atoms with Gasteiger partial charge in [0, 0.05) is 36.6 Å².